The van der Waals surface area contributed by atoms with E-state index in [0.29, 0.717) is 17.6 Å². The second-order valence-electron chi connectivity index (χ2n) is 7.77. The molecule has 0 amide bonds. The molecule has 4 aliphatic rings. The van der Waals surface area contributed by atoms with Gasteiger partial charge in [0.25, 0.3) is 0 Å². The summed E-state index contributed by atoms with van der Waals surface area (Å²) in [4.78, 5) is 13.0. The van der Waals surface area contributed by atoms with Crippen molar-refractivity contribution in [2.24, 2.45) is 29.4 Å². The Morgan fingerprint density at radius 1 is 1.10 bits per heavy atom. The van der Waals surface area contributed by atoms with Gasteiger partial charge in [0, 0.05) is 24.5 Å². The molecular weight excluding hydrogens is 250 g/mol. The summed E-state index contributed by atoms with van der Waals surface area (Å²) in [5, 5.41) is 0. The van der Waals surface area contributed by atoms with Gasteiger partial charge in [-0.25, -0.2) is 0 Å². The van der Waals surface area contributed by atoms with E-state index in [2.05, 4.69) is 0 Å². The maximum atomic E-state index is 13.0. The predicted octanol–water partition coefficient (Wildman–Crippen LogP) is 2.67. The Balaban J connectivity index is 1.48. The molecule has 4 fully saturated rings. The smallest absolute Gasteiger partial charge is 0.141 e. The van der Waals surface area contributed by atoms with E-state index in [4.69, 9.17) is 10.5 Å². The molecule has 5 atom stereocenters. The molecule has 0 radical (unpaired) electrons. The first-order valence-corrected chi connectivity index (χ1v) is 8.62. The highest BCUT2D eigenvalue weighted by Crippen LogP contribution is 2.50. The Labute approximate surface area is 121 Å². The van der Waals surface area contributed by atoms with Crippen LogP contribution >= 0.6 is 0 Å². The second-order valence-corrected chi connectivity index (χ2v) is 7.77. The fraction of sp³-hybridized carbons (Fsp3) is 0.941. The number of nitrogens with two attached hydrogens (primary N) is 1. The summed E-state index contributed by atoms with van der Waals surface area (Å²) in [6, 6.07) is 0.156. The molecule has 0 aromatic rings. The van der Waals surface area contributed by atoms with Crippen molar-refractivity contribution in [1.82, 2.24) is 0 Å². The van der Waals surface area contributed by atoms with Crippen molar-refractivity contribution in [2.45, 2.75) is 69.4 Å². The van der Waals surface area contributed by atoms with E-state index in [1.54, 1.807) is 0 Å². The van der Waals surface area contributed by atoms with E-state index in [1.807, 2.05) is 0 Å². The third-order valence-corrected chi connectivity index (χ3v) is 6.72. The van der Waals surface area contributed by atoms with Gasteiger partial charge in [-0.15, -0.1) is 0 Å². The zero-order valence-corrected chi connectivity index (χ0v) is 12.4. The molecule has 3 nitrogen and oxygen atoms in total. The maximum Gasteiger partial charge on any atom is 0.141 e. The molecule has 2 bridgehead atoms. The molecular formula is C17H27NO2. The number of hydrogen-bond acceptors (Lipinski definition) is 3. The highest BCUT2D eigenvalue weighted by Gasteiger charge is 2.52. The predicted molar refractivity (Wildman–Crippen MR) is 77.2 cm³/mol. The highest BCUT2D eigenvalue weighted by atomic mass is 16.5. The normalized spacial score (nSPS) is 46.1. The topological polar surface area (TPSA) is 52.3 Å². The number of ketones is 1. The van der Waals surface area contributed by atoms with Crippen molar-refractivity contribution in [2.75, 3.05) is 6.61 Å². The summed E-state index contributed by atoms with van der Waals surface area (Å²) in [6.07, 6.45) is 10.5. The zero-order valence-electron chi connectivity index (χ0n) is 12.4. The van der Waals surface area contributed by atoms with Crippen LogP contribution < -0.4 is 5.73 Å². The summed E-state index contributed by atoms with van der Waals surface area (Å²) >= 11 is 0. The van der Waals surface area contributed by atoms with Crippen LogP contribution in [0.2, 0.25) is 0 Å². The Bertz CT molecular complexity index is 400. The van der Waals surface area contributed by atoms with E-state index in [-0.39, 0.29) is 23.5 Å². The van der Waals surface area contributed by atoms with Crippen LogP contribution in [0.5, 0.6) is 0 Å². The average molecular weight is 277 g/mol. The third kappa shape index (κ3) is 1.97. The number of carbonyl (C=O) groups excluding carboxylic acids is 1. The molecule has 0 aromatic heterocycles. The van der Waals surface area contributed by atoms with Crippen molar-refractivity contribution >= 4 is 5.78 Å². The molecule has 2 N–H and O–H groups in total. The van der Waals surface area contributed by atoms with Crippen molar-refractivity contribution < 1.29 is 9.53 Å². The lowest BCUT2D eigenvalue weighted by molar-refractivity contribution is -0.141. The van der Waals surface area contributed by atoms with Crippen molar-refractivity contribution in [1.29, 1.82) is 0 Å². The summed E-state index contributed by atoms with van der Waals surface area (Å²) < 4.78 is 6.07. The van der Waals surface area contributed by atoms with E-state index >= 15 is 0 Å². The van der Waals surface area contributed by atoms with Crippen LogP contribution in [0.4, 0.5) is 0 Å². The Kier molecular flexibility index (Phi) is 3.19. The van der Waals surface area contributed by atoms with Gasteiger partial charge in [-0.05, 0) is 56.8 Å². The lowest BCUT2D eigenvalue weighted by atomic mass is 9.73. The average Bonchev–Trinajstić information content (AvgIpc) is 3.15. The molecule has 1 aliphatic heterocycles. The minimum Gasteiger partial charge on any atom is -0.375 e. The minimum absolute atomic E-state index is 0.0558. The zero-order chi connectivity index (χ0) is 13.7. The van der Waals surface area contributed by atoms with Gasteiger partial charge < -0.3 is 10.5 Å². The lowest BCUT2D eigenvalue weighted by Crippen LogP contribution is -2.46. The van der Waals surface area contributed by atoms with E-state index in [0.717, 1.165) is 19.4 Å². The van der Waals surface area contributed by atoms with Crippen LogP contribution in [-0.2, 0) is 9.53 Å². The van der Waals surface area contributed by atoms with Crippen LogP contribution in [-0.4, -0.2) is 24.0 Å². The largest absolute Gasteiger partial charge is 0.375 e. The van der Waals surface area contributed by atoms with Crippen molar-refractivity contribution in [3.05, 3.63) is 0 Å². The summed E-state index contributed by atoms with van der Waals surface area (Å²) in [5.41, 5.74) is 6.42. The van der Waals surface area contributed by atoms with Gasteiger partial charge in [0.1, 0.15) is 5.78 Å². The first-order valence-electron chi connectivity index (χ1n) is 8.62. The van der Waals surface area contributed by atoms with Crippen LogP contribution in [0, 0.1) is 23.7 Å². The van der Waals surface area contributed by atoms with Gasteiger partial charge in [0.2, 0.25) is 0 Å². The minimum atomic E-state index is 0.0558. The Hall–Kier alpha value is -0.410. The Morgan fingerprint density at radius 2 is 1.85 bits per heavy atom. The third-order valence-electron chi connectivity index (χ3n) is 6.72. The van der Waals surface area contributed by atoms with Crippen LogP contribution in [0.1, 0.15) is 57.8 Å². The van der Waals surface area contributed by atoms with Gasteiger partial charge in [-0.1, -0.05) is 12.8 Å². The monoisotopic (exact) mass is 277 g/mol. The van der Waals surface area contributed by atoms with Crippen molar-refractivity contribution in [3.63, 3.8) is 0 Å². The molecule has 1 spiro atoms. The van der Waals surface area contributed by atoms with Gasteiger partial charge in [-0.2, -0.15) is 0 Å². The van der Waals surface area contributed by atoms with Gasteiger partial charge in [-0.3, -0.25) is 4.79 Å². The van der Waals surface area contributed by atoms with Gasteiger partial charge in [0.15, 0.2) is 0 Å². The molecule has 1 heterocycles. The fourth-order valence-corrected chi connectivity index (χ4v) is 5.67. The molecule has 3 aliphatic carbocycles. The van der Waals surface area contributed by atoms with Crippen LogP contribution in [0.15, 0.2) is 0 Å². The first kappa shape index (κ1) is 13.3. The first-order chi connectivity index (χ1) is 9.69. The lowest BCUT2D eigenvalue weighted by Gasteiger charge is -2.40. The van der Waals surface area contributed by atoms with Crippen molar-refractivity contribution in [3.8, 4) is 0 Å². The molecule has 5 unspecified atom stereocenters. The quantitative estimate of drug-likeness (QED) is 0.844. The number of ether oxygens (including phenoxy) is 1. The van der Waals surface area contributed by atoms with Crippen LogP contribution in [0.25, 0.3) is 0 Å². The van der Waals surface area contributed by atoms with Gasteiger partial charge >= 0.3 is 0 Å². The van der Waals surface area contributed by atoms with Gasteiger partial charge in [0.05, 0.1) is 5.60 Å². The fourth-order valence-electron chi connectivity index (χ4n) is 5.67. The van der Waals surface area contributed by atoms with E-state index in [9.17, 15) is 4.79 Å². The number of hydrogen-bond donors (Lipinski definition) is 1. The molecule has 4 rings (SSSR count). The maximum absolute atomic E-state index is 13.0. The highest BCUT2D eigenvalue weighted by molar-refractivity contribution is 5.85. The second kappa shape index (κ2) is 4.81. The number of rotatable bonds is 2. The van der Waals surface area contributed by atoms with Crippen LogP contribution in [0.3, 0.4) is 0 Å². The Morgan fingerprint density at radius 3 is 2.55 bits per heavy atom. The standard InChI is InChI=1S/C17H27NO2/c18-15-12-4-3-11(9-12)14(15)16(19)13-5-8-20-17(10-13)6-1-2-7-17/h11-15H,1-10,18H2. The molecule has 3 saturated carbocycles. The number of fused-ring (bicyclic) bond motifs is 2. The summed E-state index contributed by atoms with van der Waals surface area (Å²) in [7, 11) is 0. The van der Waals surface area contributed by atoms with E-state index in [1.165, 1.54) is 44.9 Å². The molecule has 112 valence electrons. The molecule has 3 heteroatoms. The molecule has 20 heavy (non-hydrogen) atoms. The molecule has 0 aromatic carbocycles. The number of Topliss-reactive ketones (excluding diaryl/α,β-unsaturated/α-hetero) is 1. The number of carbonyl (C=O) groups is 1. The summed E-state index contributed by atoms with van der Waals surface area (Å²) in [6.45, 7) is 0.784. The summed E-state index contributed by atoms with van der Waals surface area (Å²) in [5.74, 6) is 2.14. The molecule has 1 saturated heterocycles. The SMILES string of the molecule is NC1C2CCC(C2)C1C(=O)C1CCOC2(CCCC2)C1. The van der Waals surface area contributed by atoms with E-state index < -0.39 is 0 Å².